The van der Waals surface area contributed by atoms with Crippen LogP contribution in [0.2, 0.25) is 0 Å². The van der Waals surface area contributed by atoms with Crippen LogP contribution in [0.1, 0.15) is 37.7 Å². The molecule has 4 saturated carbocycles. The van der Waals surface area contributed by atoms with Crippen molar-refractivity contribution in [3.05, 3.63) is 24.0 Å². The highest BCUT2D eigenvalue weighted by Gasteiger charge is 2.54. The number of aromatic nitrogens is 2. The third kappa shape index (κ3) is 2.42. The number of nitrogens with one attached hydrogen (secondary N) is 2. The highest BCUT2D eigenvalue weighted by molar-refractivity contribution is 6.00. The number of pyridine rings is 1. The second-order valence-corrected chi connectivity index (χ2v) is 8.11. The summed E-state index contributed by atoms with van der Waals surface area (Å²) >= 11 is 0. The van der Waals surface area contributed by atoms with Gasteiger partial charge in [-0.3, -0.25) is 0 Å². The predicted molar refractivity (Wildman–Crippen MR) is 96.6 cm³/mol. The molecule has 2 heterocycles. The number of anilines is 1. The topological polar surface area (TPSA) is 82.5 Å². The smallest absolute Gasteiger partial charge is 0.139 e. The molecule has 3 N–H and O–H groups in total. The maximum atomic E-state index is 10.8. The van der Waals surface area contributed by atoms with E-state index in [1.165, 1.54) is 12.8 Å². The average Bonchev–Trinajstić information content (AvgIpc) is 3.04. The molecule has 25 heavy (non-hydrogen) atoms. The highest BCUT2D eigenvalue weighted by Crippen LogP contribution is 2.56. The standard InChI is InChI=1S/C19H24N4O2/c1-25-22-10-14-9-21-18-15(2-3-20-18)17(14)23-16-12-4-11-5-13(16)8-19(24,6-11)7-12/h2-3,9-13,16,24H,4-8H2,1H3,(H2,20,21,23)/b22-10+. The van der Waals surface area contributed by atoms with E-state index in [-0.39, 0.29) is 0 Å². The van der Waals surface area contributed by atoms with Gasteiger partial charge in [-0.15, -0.1) is 0 Å². The number of hydrogen-bond acceptors (Lipinski definition) is 5. The van der Waals surface area contributed by atoms with Gasteiger partial charge < -0.3 is 20.2 Å². The van der Waals surface area contributed by atoms with Gasteiger partial charge in [0.15, 0.2) is 0 Å². The van der Waals surface area contributed by atoms with E-state index in [0.717, 1.165) is 41.5 Å². The Kier molecular flexibility index (Phi) is 3.32. The monoisotopic (exact) mass is 340 g/mol. The number of fused-ring (bicyclic) bond motifs is 1. The molecule has 4 aliphatic rings. The first-order valence-electron chi connectivity index (χ1n) is 9.17. The summed E-state index contributed by atoms with van der Waals surface area (Å²) in [5, 5.41) is 19.7. The second-order valence-electron chi connectivity index (χ2n) is 8.11. The Morgan fingerprint density at radius 2 is 2.16 bits per heavy atom. The summed E-state index contributed by atoms with van der Waals surface area (Å²) in [6, 6.07) is 2.46. The Labute approximate surface area is 146 Å². The molecule has 4 bridgehead atoms. The third-order valence-electron chi connectivity index (χ3n) is 6.46. The van der Waals surface area contributed by atoms with E-state index in [1.807, 2.05) is 12.4 Å². The van der Waals surface area contributed by atoms with Crippen LogP contribution >= 0.6 is 0 Å². The van der Waals surface area contributed by atoms with Gasteiger partial charge in [0.1, 0.15) is 12.8 Å². The van der Waals surface area contributed by atoms with Crippen LogP contribution in [0.5, 0.6) is 0 Å². The van der Waals surface area contributed by atoms with Crippen molar-refractivity contribution in [1.82, 2.24) is 9.97 Å². The van der Waals surface area contributed by atoms with Crippen molar-refractivity contribution in [2.24, 2.45) is 22.9 Å². The summed E-state index contributed by atoms with van der Waals surface area (Å²) in [4.78, 5) is 12.5. The lowest BCUT2D eigenvalue weighted by molar-refractivity contribution is -0.129. The van der Waals surface area contributed by atoms with Gasteiger partial charge in [-0.2, -0.15) is 0 Å². The maximum absolute atomic E-state index is 10.8. The van der Waals surface area contributed by atoms with Crippen LogP contribution in [0.15, 0.2) is 23.6 Å². The van der Waals surface area contributed by atoms with Crippen LogP contribution in [-0.2, 0) is 4.84 Å². The molecule has 6 heteroatoms. The molecule has 132 valence electrons. The van der Waals surface area contributed by atoms with Gasteiger partial charge in [0.05, 0.1) is 17.5 Å². The summed E-state index contributed by atoms with van der Waals surface area (Å²) in [5.74, 6) is 1.80. The molecule has 4 fully saturated rings. The minimum Gasteiger partial charge on any atom is -0.399 e. The Morgan fingerprint density at radius 1 is 1.36 bits per heavy atom. The number of oxime groups is 1. The summed E-state index contributed by atoms with van der Waals surface area (Å²) in [7, 11) is 1.55. The van der Waals surface area contributed by atoms with Gasteiger partial charge in [0.25, 0.3) is 0 Å². The SMILES string of the molecule is CO/N=C/c1cnc2[nH]ccc2c1NC1C2CC3CC1CC(O)(C3)C2. The Hall–Kier alpha value is -2.08. The molecule has 0 amide bonds. The van der Waals surface area contributed by atoms with E-state index in [1.54, 1.807) is 13.3 Å². The quantitative estimate of drug-likeness (QED) is 0.590. The molecular formula is C19H24N4O2. The zero-order valence-electron chi connectivity index (χ0n) is 14.4. The zero-order chi connectivity index (χ0) is 17.0. The molecule has 0 aromatic carbocycles. The fourth-order valence-corrected chi connectivity index (χ4v) is 5.78. The van der Waals surface area contributed by atoms with Crippen molar-refractivity contribution in [1.29, 1.82) is 0 Å². The number of aliphatic hydroxyl groups is 1. The zero-order valence-corrected chi connectivity index (χ0v) is 14.4. The fourth-order valence-electron chi connectivity index (χ4n) is 5.78. The molecular weight excluding hydrogens is 316 g/mol. The van der Waals surface area contributed by atoms with Gasteiger partial charge in [0.2, 0.25) is 0 Å². The lowest BCUT2D eigenvalue weighted by Gasteiger charge is -2.58. The maximum Gasteiger partial charge on any atom is 0.139 e. The van der Waals surface area contributed by atoms with Crippen molar-refractivity contribution < 1.29 is 9.94 Å². The largest absolute Gasteiger partial charge is 0.399 e. The van der Waals surface area contributed by atoms with Crippen LogP contribution in [0.3, 0.4) is 0 Å². The van der Waals surface area contributed by atoms with Gasteiger partial charge in [-0.25, -0.2) is 4.98 Å². The van der Waals surface area contributed by atoms with Crippen LogP contribution < -0.4 is 5.32 Å². The van der Waals surface area contributed by atoms with Crippen molar-refractivity contribution in [3.8, 4) is 0 Å². The first-order chi connectivity index (χ1) is 12.1. The van der Waals surface area contributed by atoms with Crippen LogP contribution in [-0.4, -0.2) is 40.0 Å². The van der Waals surface area contributed by atoms with Crippen LogP contribution in [0.4, 0.5) is 5.69 Å². The summed E-state index contributed by atoms with van der Waals surface area (Å²) in [6.07, 6.45) is 10.8. The van der Waals surface area contributed by atoms with E-state index >= 15 is 0 Å². The lowest BCUT2D eigenvalue weighted by atomic mass is 9.52. The molecule has 4 aliphatic carbocycles. The van der Waals surface area contributed by atoms with E-state index in [9.17, 15) is 5.11 Å². The van der Waals surface area contributed by atoms with Gasteiger partial charge in [-0.1, -0.05) is 5.16 Å². The molecule has 0 spiro atoms. The molecule has 6 nitrogen and oxygen atoms in total. The average molecular weight is 340 g/mol. The van der Waals surface area contributed by atoms with Crippen LogP contribution in [0, 0.1) is 17.8 Å². The second kappa shape index (κ2) is 5.46. The third-order valence-corrected chi connectivity index (χ3v) is 6.46. The minimum atomic E-state index is -0.406. The highest BCUT2D eigenvalue weighted by atomic mass is 16.6. The first-order valence-corrected chi connectivity index (χ1v) is 9.17. The van der Waals surface area contributed by atoms with E-state index < -0.39 is 5.60 Å². The minimum absolute atomic E-state index is 0.406. The number of aromatic amines is 1. The Morgan fingerprint density at radius 3 is 2.88 bits per heavy atom. The predicted octanol–water partition coefficient (Wildman–Crippen LogP) is 2.89. The number of nitrogens with zero attached hydrogens (tertiary/aromatic N) is 2. The fraction of sp³-hybridized carbons (Fsp3) is 0.579. The Bertz CT molecular complexity index is 814. The number of hydrogen-bond donors (Lipinski definition) is 3. The van der Waals surface area contributed by atoms with Crippen molar-refractivity contribution >= 4 is 22.9 Å². The van der Waals surface area contributed by atoms with Crippen molar-refractivity contribution in [2.45, 2.75) is 43.7 Å². The molecule has 2 atom stereocenters. The van der Waals surface area contributed by atoms with Gasteiger partial charge >= 0.3 is 0 Å². The van der Waals surface area contributed by atoms with Crippen molar-refractivity contribution in [3.63, 3.8) is 0 Å². The number of rotatable bonds is 4. The molecule has 2 aromatic heterocycles. The van der Waals surface area contributed by atoms with E-state index in [2.05, 4.69) is 26.5 Å². The van der Waals surface area contributed by atoms with Gasteiger partial charge in [-0.05, 0) is 55.9 Å². The first kappa shape index (κ1) is 15.2. The molecule has 0 radical (unpaired) electrons. The summed E-state index contributed by atoms with van der Waals surface area (Å²) in [6.45, 7) is 0. The van der Waals surface area contributed by atoms with E-state index in [4.69, 9.17) is 4.84 Å². The number of H-pyrrole nitrogens is 1. The summed E-state index contributed by atoms with van der Waals surface area (Å²) < 4.78 is 0. The van der Waals surface area contributed by atoms with Crippen molar-refractivity contribution in [2.75, 3.05) is 12.4 Å². The molecule has 0 saturated heterocycles. The molecule has 2 aromatic rings. The molecule has 2 unspecified atom stereocenters. The molecule has 0 aliphatic heterocycles. The van der Waals surface area contributed by atoms with Gasteiger partial charge in [0, 0.05) is 29.4 Å². The lowest BCUT2D eigenvalue weighted by Crippen LogP contribution is -2.59. The summed E-state index contributed by atoms with van der Waals surface area (Å²) in [5.41, 5.74) is 2.47. The normalized spacial score (nSPS) is 36.4. The molecule has 6 rings (SSSR count). The van der Waals surface area contributed by atoms with E-state index in [0.29, 0.717) is 23.8 Å². The Balaban J connectivity index is 1.51. The van der Waals surface area contributed by atoms with Crippen LogP contribution in [0.25, 0.3) is 11.0 Å².